The van der Waals surface area contributed by atoms with Crippen molar-refractivity contribution in [2.24, 2.45) is 0 Å². The van der Waals surface area contributed by atoms with E-state index in [1.54, 1.807) is 12.1 Å². The molecule has 23 heavy (non-hydrogen) atoms. The molecule has 0 amide bonds. The van der Waals surface area contributed by atoms with Crippen LogP contribution >= 0.6 is 11.6 Å². The summed E-state index contributed by atoms with van der Waals surface area (Å²) in [6, 6.07) is 14.2. The zero-order valence-electron chi connectivity index (χ0n) is 12.3. The summed E-state index contributed by atoms with van der Waals surface area (Å²) in [5.41, 5.74) is 2.42. The maximum atomic E-state index is 9.01. The van der Waals surface area contributed by atoms with E-state index in [9.17, 15) is 0 Å². The van der Waals surface area contributed by atoms with Gasteiger partial charge in [0.05, 0.1) is 22.6 Å². The smallest absolute Gasteiger partial charge is 0.161 e. The molecule has 1 fully saturated rings. The number of nitrogens with one attached hydrogen (secondary N) is 1. The summed E-state index contributed by atoms with van der Waals surface area (Å²) in [5, 5.41) is 12.6. The maximum Gasteiger partial charge on any atom is 0.161 e. The van der Waals surface area contributed by atoms with Crippen LogP contribution in [0, 0.1) is 11.3 Å². The van der Waals surface area contributed by atoms with E-state index in [2.05, 4.69) is 20.9 Å². The summed E-state index contributed by atoms with van der Waals surface area (Å²) in [4.78, 5) is 8.94. The second-order valence-corrected chi connectivity index (χ2v) is 6.02. The van der Waals surface area contributed by atoms with Gasteiger partial charge in [0, 0.05) is 6.04 Å². The third-order valence-electron chi connectivity index (χ3n) is 3.96. The fourth-order valence-corrected chi connectivity index (χ4v) is 2.90. The summed E-state index contributed by atoms with van der Waals surface area (Å²) in [6.07, 6.45) is 2.40. The number of fused-ring (bicyclic) bond motifs is 1. The van der Waals surface area contributed by atoms with Crippen molar-refractivity contribution in [3.63, 3.8) is 0 Å². The number of halogens is 1. The normalized spacial score (nSPS) is 13.9. The largest absolute Gasteiger partial charge is 0.363 e. The second kappa shape index (κ2) is 5.56. The lowest BCUT2D eigenvalue weighted by Gasteiger charge is -2.09. The Kier molecular flexibility index (Phi) is 3.40. The molecular weight excluding hydrogens is 310 g/mol. The summed E-state index contributed by atoms with van der Waals surface area (Å²) in [5.74, 6) is 1.62. The number of anilines is 1. The van der Waals surface area contributed by atoms with Gasteiger partial charge in [-0.05, 0) is 37.1 Å². The molecule has 2 heterocycles. The Labute approximate surface area is 138 Å². The third kappa shape index (κ3) is 2.62. The minimum absolute atomic E-state index is 0.229. The van der Waals surface area contributed by atoms with Crippen LogP contribution in [0.1, 0.15) is 30.4 Å². The quantitative estimate of drug-likeness (QED) is 0.790. The van der Waals surface area contributed by atoms with Crippen LogP contribution in [0.3, 0.4) is 0 Å². The fraction of sp³-hybridized carbons (Fsp3) is 0.235. The number of hydrogen-bond acceptors (Lipinski definition) is 4. The van der Waals surface area contributed by atoms with Crippen LogP contribution in [0.15, 0.2) is 36.4 Å². The Hall–Kier alpha value is -2.58. The predicted molar refractivity (Wildman–Crippen MR) is 89.3 cm³/mol. The van der Waals surface area contributed by atoms with Crippen LogP contribution in [0.4, 0.5) is 5.82 Å². The van der Waals surface area contributed by atoms with Crippen molar-refractivity contribution in [1.82, 2.24) is 14.5 Å². The van der Waals surface area contributed by atoms with Gasteiger partial charge >= 0.3 is 0 Å². The molecule has 3 aromatic rings. The van der Waals surface area contributed by atoms with Gasteiger partial charge in [-0.2, -0.15) is 5.26 Å². The average Bonchev–Trinajstić information content (AvgIpc) is 3.34. The first-order valence-electron chi connectivity index (χ1n) is 7.52. The number of imidazole rings is 1. The molecule has 2 aromatic heterocycles. The molecule has 0 unspecified atom stereocenters. The predicted octanol–water partition coefficient (Wildman–Crippen LogP) is 3.90. The first-order valence-corrected chi connectivity index (χ1v) is 7.90. The highest BCUT2D eigenvalue weighted by Gasteiger charge is 2.27. The van der Waals surface area contributed by atoms with Crippen LogP contribution in [0.5, 0.6) is 0 Å². The number of nitrogens with zero attached hydrogens (tertiary/aromatic N) is 4. The molecule has 1 aliphatic carbocycles. The zero-order valence-corrected chi connectivity index (χ0v) is 13.1. The number of pyridine rings is 1. The standard InChI is InChI=1S/C17H14ClN5/c18-12-7-8-16(21-14(12)9-19)20-10-17-22-13-3-1-2-4-15(13)23(17)11-5-6-11/h1-4,7-8,11H,5-6,10H2,(H,20,21). The summed E-state index contributed by atoms with van der Waals surface area (Å²) in [7, 11) is 0. The molecule has 0 bridgehead atoms. The first kappa shape index (κ1) is 14.0. The van der Waals surface area contributed by atoms with Crippen molar-refractivity contribution >= 4 is 28.5 Å². The number of aromatic nitrogens is 3. The zero-order chi connectivity index (χ0) is 15.8. The van der Waals surface area contributed by atoms with Crippen molar-refractivity contribution < 1.29 is 0 Å². The van der Waals surface area contributed by atoms with E-state index in [1.165, 1.54) is 18.4 Å². The highest BCUT2D eigenvalue weighted by Crippen LogP contribution is 2.38. The number of para-hydroxylation sites is 2. The molecule has 0 atom stereocenters. The molecule has 0 radical (unpaired) electrons. The Balaban J connectivity index is 1.63. The highest BCUT2D eigenvalue weighted by molar-refractivity contribution is 6.31. The van der Waals surface area contributed by atoms with Crippen molar-refractivity contribution in [1.29, 1.82) is 5.26 Å². The van der Waals surface area contributed by atoms with Gasteiger partial charge in [-0.25, -0.2) is 9.97 Å². The van der Waals surface area contributed by atoms with Crippen molar-refractivity contribution in [2.45, 2.75) is 25.4 Å². The van der Waals surface area contributed by atoms with Crippen LogP contribution in [0.2, 0.25) is 5.02 Å². The molecule has 1 aliphatic rings. The van der Waals surface area contributed by atoms with Gasteiger partial charge in [0.15, 0.2) is 5.69 Å². The highest BCUT2D eigenvalue weighted by atomic mass is 35.5. The lowest BCUT2D eigenvalue weighted by molar-refractivity contribution is 0.710. The Morgan fingerprint density at radius 1 is 1.22 bits per heavy atom. The average molecular weight is 324 g/mol. The van der Waals surface area contributed by atoms with Gasteiger partial charge in [0.1, 0.15) is 17.7 Å². The van der Waals surface area contributed by atoms with Gasteiger partial charge in [0.2, 0.25) is 0 Å². The van der Waals surface area contributed by atoms with E-state index in [4.69, 9.17) is 21.8 Å². The molecule has 0 aliphatic heterocycles. The van der Waals surface area contributed by atoms with Crippen LogP contribution in [0.25, 0.3) is 11.0 Å². The molecule has 1 N–H and O–H groups in total. The molecule has 0 saturated heterocycles. The van der Waals surface area contributed by atoms with Gasteiger partial charge in [-0.1, -0.05) is 23.7 Å². The third-order valence-corrected chi connectivity index (χ3v) is 4.27. The van der Waals surface area contributed by atoms with Gasteiger partial charge < -0.3 is 9.88 Å². The molecule has 5 nitrogen and oxygen atoms in total. The van der Waals surface area contributed by atoms with Gasteiger partial charge in [-0.15, -0.1) is 0 Å². The topological polar surface area (TPSA) is 66.5 Å². The number of hydrogen-bond donors (Lipinski definition) is 1. The van der Waals surface area contributed by atoms with Crippen LogP contribution in [-0.2, 0) is 6.54 Å². The van der Waals surface area contributed by atoms with Crippen LogP contribution in [-0.4, -0.2) is 14.5 Å². The van der Waals surface area contributed by atoms with E-state index < -0.39 is 0 Å². The van der Waals surface area contributed by atoms with E-state index in [-0.39, 0.29) is 5.69 Å². The van der Waals surface area contributed by atoms with Crippen molar-refractivity contribution in [3.8, 4) is 6.07 Å². The number of rotatable bonds is 4. The summed E-state index contributed by atoms with van der Waals surface area (Å²) in [6.45, 7) is 0.560. The Bertz CT molecular complexity index is 920. The van der Waals surface area contributed by atoms with E-state index in [1.807, 2.05) is 24.3 Å². The monoisotopic (exact) mass is 323 g/mol. The SMILES string of the molecule is N#Cc1nc(NCc2nc3ccccc3n2C2CC2)ccc1Cl. The second-order valence-electron chi connectivity index (χ2n) is 5.61. The summed E-state index contributed by atoms with van der Waals surface area (Å²) < 4.78 is 2.31. The molecule has 1 aromatic carbocycles. The lowest BCUT2D eigenvalue weighted by atomic mass is 10.3. The van der Waals surface area contributed by atoms with E-state index in [0.29, 0.717) is 23.4 Å². The van der Waals surface area contributed by atoms with Crippen molar-refractivity contribution in [2.75, 3.05) is 5.32 Å². The lowest BCUT2D eigenvalue weighted by Crippen LogP contribution is -2.09. The molecule has 4 rings (SSSR count). The van der Waals surface area contributed by atoms with Gasteiger partial charge in [0.25, 0.3) is 0 Å². The van der Waals surface area contributed by atoms with Crippen molar-refractivity contribution in [3.05, 3.63) is 52.9 Å². The minimum atomic E-state index is 0.229. The Morgan fingerprint density at radius 3 is 2.83 bits per heavy atom. The fourth-order valence-electron chi connectivity index (χ4n) is 2.75. The molecule has 6 heteroatoms. The van der Waals surface area contributed by atoms with Gasteiger partial charge in [-0.3, -0.25) is 0 Å². The number of nitriles is 1. The first-order chi connectivity index (χ1) is 11.3. The molecule has 0 spiro atoms. The van der Waals surface area contributed by atoms with E-state index in [0.717, 1.165) is 11.3 Å². The molecule has 114 valence electrons. The Morgan fingerprint density at radius 2 is 2.04 bits per heavy atom. The molecular formula is C17H14ClN5. The number of benzene rings is 1. The summed E-state index contributed by atoms with van der Waals surface area (Å²) >= 11 is 5.91. The van der Waals surface area contributed by atoms with E-state index >= 15 is 0 Å². The minimum Gasteiger partial charge on any atom is -0.363 e. The molecule has 1 saturated carbocycles. The maximum absolute atomic E-state index is 9.01. The van der Waals surface area contributed by atoms with Crippen LogP contribution < -0.4 is 5.32 Å².